The molecule has 1 amide bonds. The Morgan fingerprint density at radius 3 is 2.92 bits per heavy atom. The highest BCUT2D eigenvalue weighted by molar-refractivity contribution is 5.76. The molecule has 25 heavy (non-hydrogen) atoms. The van der Waals surface area contributed by atoms with Gasteiger partial charge in [-0.2, -0.15) is 0 Å². The molecule has 3 aliphatic rings. The van der Waals surface area contributed by atoms with Gasteiger partial charge in [0.1, 0.15) is 0 Å². The molecule has 4 nitrogen and oxygen atoms in total. The van der Waals surface area contributed by atoms with Gasteiger partial charge in [0.2, 0.25) is 5.91 Å². The zero-order valence-corrected chi connectivity index (χ0v) is 15.5. The number of nitrogens with one attached hydrogen (secondary N) is 1. The maximum Gasteiger partial charge on any atom is 0.220 e. The number of rotatable bonds is 6. The van der Waals surface area contributed by atoms with Gasteiger partial charge in [-0.3, -0.25) is 9.69 Å². The van der Waals surface area contributed by atoms with Crippen LogP contribution in [-0.2, 0) is 16.1 Å². The fourth-order valence-corrected chi connectivity index (χ4v) is 4.33. The van der Waals surface area contributed by atoms with E-state index in [9.17, 15) is 4.79 Å². The smallest absolute Gasteiger partial charge is 0.220 e. The molecule has 1 saturated carbocycles. The minimum absolute atomic E-state index is 0.233. The quantitative estimate of drug-likeness (QED) is 0.864. The highest BCUT2D eigenvalue weighted by Crippen LogP contribution is 2.35. The van der Waals surface area contributed by atoms with Crippen LogP contribution in [0.4, 0.5) is 0 Å². The summed E-state index contributed by atoms with van der Waals surface area (Å²) in [5.41, 5.74) is 4.12. The topological polar surface area (TPSA) is 41.6 Å². The predicted molar refractivity (Wildman–Crippen MR) is 98.3 cm³/mol. The normalized spacial score (nSPS) is 29.0. The van der Waals surface area contributed by atoms with Crippen molar-refractivity contribution in [3.05, 3.63) is 34.9 Å². The Kier molecular flexibility index (Phi) is 4.83. The lowest BCUT2D eigenvalue weighted by atomic mass is 9.93. The number of nitrogens with zero attached hydrogens (tertiary/aromatic N) is 1. The van der Waals surface area contributed by atoms with Gasteiger partial charge in [-0.1, -0.05) is 23.8 Å². The maximum absolute atomic E-state index is 12.0. The van der Waals surface area contributed by atoms with Crippen molar-refractivity contribution in [2.75, 3.05) is 26.2 Å². The molecule has 2 heterocycles. The Morgan fingerprint density at radius 2 is 2.12 bits per heavy atom. The summed E-state index contributed by atoms with van der Waals surface area (Å²) in [7, 11) is 0. The van der Waals surface area contributed by atoms with E-state index in [1.165, 1.54) is 29.5 Å². The molecule has 2 aliphatic heterocycles. The molecule has 0 spiro atoms. The van der Waals surface area contributed by atoms with Crippen LogP contribution in [0.25, 0.3) is 0 Å². The van der Waals surface area contributed by atoms with Crippen molar-refractivity contribution in [3.8, 4) is 0 Å². The van der Waals surface area contributed by atoms with E-state index in [-0.39, 0.29) is 5.91 Å². The molecule has 136 valence electrons. The lowest BCUT2D eigenvalue weighted by Gasteiger charge is -2.21. The molecule has 3 atom stereocenters. The average Bonchev–Trinajstić information content (AvgIpc) is 3.17. The second-order valence-corrected chi connectivity index (χ2v) is 8.37. The Bertz CT molecular complexity index is 641. The van der Waals surface area contributed by atoms with Gasteiger partial charge < -0.3 is 10.1 Å². The number of carbonyl (C=O) groups is 1. The number of fused-ring (bicyclic) bond motifs is 1. The van der Waals surface area contributed by atoms with Crippen LogP contribution in [0.1, 0.15) is 36.0 Å². The third-order valence-electron chi connectivity index (χ3n) is 6.15. The first-order valence-electron chi connectivity index (χ1n) is 9.75. The van der Waals surface area contributed by atoms with Gasteiger partial charge in [0, 0.05) is 44.4 Å². The van der Waals surface area contributed by atoms with Crippen LogP contribution in [0.2, 0.25) is 0 Å². The molecular weight excluding hydrogens is 312 g/mol. The largest absolute Gasteiger partial charge is 0.376 e. The third kappa shape index (κ3) is 4.06. The highest BCUT2D eigenvalue weighted by Gasteiger charge is 2.43. The average molecular weight is 342 g/mol. The predicted octanol–water partition coefficient (Wildman–Crippen LogP) is 2.67. The summed E-state index contributed by atoms with van der Waals surface area (Å²) in [6, 6.07) is 6.71. The van der Waals surface area contributed by atoms with Crippen LogP contribution in [0.5, 0.6) is 0 Å². The Balaban J connectivity index is 1.30. The second-order valence-electron chi connectivity index (χ2n) is 8.37. The number of hydrogen-bond acceptors (Lipinski definition) is 3. The molecule has 2 saturated heterocycles. The van der Waals surface area contributed by atoms with Crippen LogP contribution >= 0.6 is 0 Å². The maximum atomic E-state index is 12.0. The summed E-state index contributed by atoms with van der Waals surface area (Å²) in [4.78, 5) is 14.5. The number of aryl methyl sites for hydroxylation is 2. The minimum Gasteiger partial charge on any atom is -0.376 e. The van der Waals surface area contributed by atoms with Gasteiger partial charge in [-0.05, 0) is 43.7 Å². The number of carbonyl (C=O) groups excluding carboxylic acids is 1. The molecular formula is C21H30N2O2. The summed E-state index contributed by atoms with van der Waals surface area (Å²) in [5, 5.41) is 3.15. The number of amides is 1. The van der Waals surface area contributed by atoms with E-state index in [2.05, 4.69) is 42.3 Å². The van der Waals surface area contributed by atoms with Gasteiger partial charge in [-0.25, -0.2) is 0 Å². The molecule has 1 N–H and O–H groups in total. The van der Waals surface area contributed by atoms with E-state index >= 15 is 0 Å². The number of benzene rings is 1. The molecule has 1 aliphatic carbocycles. The van der Waals surface area contributed by atoms with Crippen LogP contribution in [0.3, 0.4) is 0 Å². The van der Waals surface area contributed by atoms with Crippen LogP contribution in [0.15, 0.2) is 18.2 Å². The van der Waals surface area contributed by atoms with Gasteiger partial charge in [0.25, 0.3) is 0 Å². The van der Waals surface area contributed by atoms with Crippen molar-refractivity contribution in [1.82, 2.24) is 10.2 Å². The molecule has 1 aromatic rings. The lowest BCUT2D eigenvalue weighted by Crippen LogP contribution is -2.34. The van der Waals surface area contributed by atoms with Gasteiger partial charge in [0.15, 0.2) is 0 Å². The van der Waals surface area contributed by atoms with Crippen molar-refractivity contribution in [2.24, 2.45) is 17.8 Å². The summed E-state index contributed by atoms with van der Waals surface area (Å²) < 4.78 is 6.04. The molecule has 4 rings (SSSR count). The first-order chi connectivity index (χ1) is 12.1. The standard InChI is InChI=1S/C21H30N2O2/c1-14-3-4-15(2)17(7-14)10-23-11-19-18(13-25-20(19)12-23)9-22-21(24)8-16-5-6-16/h3-4,7,16,18-20H,5-6,8-13H2,1-2H3,(H,22,24)/t18-,19-,20-/m1/s1. The van der Waals surface area contributed by atoms with E-state index in [1.807, 2.05) is 0 Å². The van der Waals surface area contributed by atoms with Crippen molar-refractivity contribution in [3.63, 3.8) is 0 Å². The fourth-order valence-electron chi connectivity index (χ4n) is 4.33. The summed E-state index contributed by atoms with van der Waals surface area (Å²) in [5.74, 6) is 1.92. The highest BCUT2D eigenvalue weighted by atomic mass is 16.5. The van der Waals surface area contributed by atoms with E-state index in [0.29, 0.717) is 23.9 Å². The number of likely N-dealkylation sites (tertiary alicyclic amines) is 1. The number of ether oxygens (including phenoxy) is 1. The first-order valence-corrected chi connectivity index (χ1v) is 9.75. The van der Waals surface area contributed by atoms with E-state index in [0.717, 1.165) is 39.2 Å². The van der Waals surface area contributed by atoms with Crippen molar-refractivity contribution in [2.45, 2.75) is 45.8 Å². The van der Waals surface area contributed by atoms with Gasteiger partial charge in [-0.15, -0.1) is 0 Å². The van der Waals surface area contributed by atoms with Gasteiger partial charge >= 0.3 is 0 Å². The Hall–Kier alpha value is -1.39. The summed E-state index contributed by atoms with van der Waals surface area (Å²) >= 11 is 0. The van der Waals surface area contributed by atoms with Crippen molar-refractivity contribution < 1.29 is 9.53 Å². The molecule has 0 radical (unpaired) electrons. The SMILES string of the molecule is Cc1ccc(C)c(CN2C[C@@H]3[C@H](CNC(=O)CC4CC4)CO[C@@H]3C2)c1. The first kappa shape index (κ1) is 17.0. The lowest BCUT2D eigenvalue weighted by molar-refractivity contribution is -0.121. The van der Waals surface area contributed by atoms with E-state index < -0.39 is 0 Å². The molecule has 0 bridgehead atoms. The zero-order chi connectivity index (χ0) is 17.4. The molecule has 0 aromatic heterocycles. The monoisotopic (exact) mass is 342 g/mol. The Labute approximate surface area is 150 Å². The van der Waals surface area contributed by atoms with Gasteiger partial charge in [0.05, 0.1) is 12.7 Å². The van der Waals surface area contributed by atoms with Crippen LogP contribution in [0, 0.1) is 31.6 Å². The zero-order valence-electron chi connectivity index (χ0n) is 15.5. The van der Waals surface area contributed by atoms with Crippen LogP contribution < -0.4 is 5.32 Å². The third-order valence-corrected chi connectivity index (χ3v) is 6.15. The minimum atomic E-state index is 0.233. The molecule has 4 heteroatoms. The van der Waals surface area contributed by atoms with Crippen molar-refractivity contribution in [1.29, 1.82) is 0 Å². The number of hydrogen-bond donors (Lipinski definition) is 1. The van der Waals surface area contributed by atoms with Crippen molar-refractivity contribution >= 4 is 5.91 Å². The fraction of sp³-hybridized carbons (Fsp3) is 0.667. The van der Waals surface area contributed by atoms with Crippen LogP contribution in [-0.4, -0.2) is 43.2 Å². The molecule has 0 unspecified atom stereocenters. The molecule has 3 fully saturated rings. The Morgan fingerprint density at radius 1 is 1.28 bits per heavy atom. The van der Waals surface area contributed by atoms with E-state index in [1.54, 1.807) is 0 Å². The van der Waals surface area contributed by atoms with E-state index in [4.69, 9.17) is 4.74 Å². The molecule has 1 aromatic carbocycles. The summed E-state index contributed by atoms with van der Waals surface area (Å²) in [6.07, 6.45) is 3.53. The summed E-state index contributed by atoms with van der Waals surface area (Å²) in [6.45, 7) is 9.04. The second kappa shape index (κ2) is 7.08.